The van der Waals surface area contributed by atoms with Gasteiger partial charge in [-0.05, 0) is 17.9 Å². The lowest BCUT2D eigenvalue weighted by atomic mass is 10.1. The van der Waals surface area contributed by atoms with Crippen molar-refractivity contribution in [3.05, 3.63) is 54.3 Å². The summed E-state index contributed by atoms with van der Waals surface area (Å²) in [7, 11) is 0. The number of hydrogen-bond donors (Lipinski definition) is 0. The van der Waals surface area contributed by atoms with E-state index >= 15 is 0 Å². The summed E-state index contributed by atoms with van der Waals surface area (Å²) in [6.07, 6.45) is 2.73. The Balaban J connectivity index is 2.53. The third kappa shape index (κ3) is 1.89. The molecule has 0 unspecified atom stereocenters. The normalized spacial score (nSPS) is 10.5. The van der Waals surface area contributed by atoms with Crippen LogP contribution in [0.2, 0.25) is 0 Å². The van der Waals surface area contributed by atoms with Gasteiger partial charge in [-0.2, -0.15) is 5.26 Å². The number of nitrogens with zero attached hydrogens (tertiary/aromatic N) is 1. The zero-order valence-electron chi connectivity index (χ0n) is 8.97. The van der Waals surface area contributed by atoms with E-state index in [9.17, 15) is 0 Å². The van der Waals surface area contributed by atoms with E-state index in [0.717, 1.165) is 22.1 Å². The summed E-state index contributed by atoms with van der Waals surface area (Å²) < 4.78 is 5.49. The molecule has 0 fully saturated rings. The Labute approximate surface area is 94.4 Å². The molecule has 0 aliphatic carbocycles. The van der Waals surface area contributed by atoms with E-state index in [1.54, 1.807) is 0 Å². The van der Waals surface area contributed by atoms with Gasteiger partial charge in [-0.15, -0.1) is 0 Å². The second-order valence-corrected chi connectivity index (χ2v) is 3.48. The summed E-state index contributed by atoms with van der Waals surface area (Å²) >= 11 is 0. The topological polar surface area (TPSA) is 33.0 Å². The van der Waals surface area contributed by atoms with E-state index in [1.165, 1.54) is 12.3 Å². The van der Waals surface area contributed by atoms with Crippen molar-refractivity contribution in [2.24, 2.45) is 0 Å². The Bertz CT molecular complexity index is 579. The highest BCUT2D eigenvalue weighted by atomic mass is 16.5. The molecule has 0 saturated heterocycles. The van der Waals surface area contributed by atoms with Crippen LogP contribution in [-0.4, -0.2) is 0 Å². The van der Waals surface area contributed by atoms with E-state index in [2.05, 4.69) is 6.07 Å². The molecule has 0 spiro atoms. The minimum absolute atomic E-state index is 0.810. The smallest absolute Gasteiger partial charge is 0.137 e. The second kappa shape index (κ2) is 4.50. The van der Waals surface area contributed by atoms with Gasteiger partial charge in [-0.3, -0.25) is 0 Å². The molecule has 2 aromatic carbocycles. The number of benzene rings is 2. The molecule has 0 aliphatic rings. The number of allylic oxidation sites excluding steroid dienone is 1. The van der Waals surface area contributed by atoms with Gasteiger partial charge < -0.3 is 4.74 Å². The highest BCUT2D eigenvalue weighted by Gasteiger charge is 2.03. The van der Waals surface area contributed by atoms with Crippen molar-refractivity contribution in [3.8, 4) is 11.8 Å². The number of nitriles is 1. The summed E-state index contributed by atoms with van der Waals surface area (Å²) in [5, 5.41) is 10.6. The van der Waals surface area contributed by atoms with Gasteiger partial charge in [-0.25, -0.2) is 0 Å². The van der Waals surface area contributed by atoms with Crippen molar-refractivity contribution in [2.45, 2.75) is 6.92 Å². The third-order valence-electron chi connectivity index (χ3n) is 2.40. The Kier molecular flexibility index (Phi) is 2.88. The van der Waals surface area contributed by atoms with Crippen molar-refractivity contribution in [2.75, 3.05) is 0 Å². The molecule has 16 heavy (non-hydrogen) atoms. The quantitative estimate of drug-likeness (QED) is 0.559. The van der Waals surface area contributed by atoms with Crippen LogP contribution in [0.25, 0.3) is 10.8 Å². The Morgan fingerprint density at radius 1 is 1.19 bits per heavy atom. The number of hydrogen-bond acceptors (Lipinski definition) is 2. The molecule has 2 nitrogen and oxygen atoms in total. The monoisotopic (exact) mass is 209 g/mol. The highest BCUT2D eigenvalue weighted by molar-refractivity contribution is 5.89. The first kappa shape index (κ1) is 10.3. The summed E-state index contributed by atoms with van der Waals surface area (Å²) in [6, 6.07) is 14.0. The van der Waals surface area contributed by atoms with Gasteiger partial charge in [-0.1, -0.05) is 36.4 Å². The molecule has 2 aromatic rings. The molecule has 2 heteroatoms. The lowest BCUT2D eigenvalue weighted by Crippen LogP contribution is -1.87. The lowest BCUT2D eigenvalue weighted by molar-refractivity contribution is 0.483. The second-order valence-electron chi connectivity index (χ2n) is 3.48. The minimum Gasteiger partial charge on any atom is -0.463 e. The molecular formula is C14H11NO. The molecule has 0 amide bonds. The third-order valence-corrected chi connectivity index (χ3v) is 2.40. The van der Waals surface area contributed by atoms with Gasteiger partial charge in [0, 0.05) is 5.39 Å². The standard InChI is InChI=1S/C14H11NO/c1-11-7-8-12-5-2-3-6-13(12)14(11)16-10-4-9-15/h2-8,10H,1H3/b10-4-. The van der Waals surface area contributed by atoms with E-state index < -0.39 is 0 Å². The zero-order valence-corrected chi connectivity index (χ0v) is 8.97. The molecule has 0 radical (unpaired) electrons. The van der Waals surface area contributed by atoms with Crippen molar-refractivity contribution >= 4 is 10.8 Å². The largest absolute Gasteiger partial charge is 0.463 e. The van der Waals surface area contributed by atoms with Crippen molar-refractivity contribution in [1.29, 1.82) is 5.26 Å². The fraction of sp³-hybridized carbons (Fsp3) is 0.0714. The molecule has 0 aromatic heterocycles. The first-order chi connectivity index (χ1) is 7.83. The van der Waals surface area contributed by atoms with E-state index in [4.69, 9.17) is 10.00 Å². The van der Waals surface area contributed by atoms with Gasteiger partial charge in [0.15, 0.2) is 0 Å². The van der Waals surface area contributed by atoms with Crippen LogP contribution in [-0.2, 0) is 0 Å². The maximum atomic E-state index is 8.41. The highest BCUT2D eigenvalue weighted by Crippen LogP contribution is 2.29. The van der Waals surface area contributed by atoms with Crippen molar-refractivity contribution in [1.82, 2.24) is 0 Å². The Hall–Kier alpha value is -2.27. The molecule has 0 heterocycles. The average molecular weight is 209 g/mol. The molecule has 0 N–H and O–H groups in total. The Morgan fingerprint density at radius 2 is 2.00 bits per heavy atom. The first-order valence-electron chi connectivity index (χ1n) is 5.02. The Morgan fingerprint density at radius 3 is 2.81 bits per heavy atom. The molecule has 2 rings (SSSR count). The summed E-state index contributed by atoms with van der Waals surface area (Å²) in [4.78, 5) is 0. The molecule has 0 aliphatic heterocycles. The molecule has 78 valence electrons. The van der Waals surface area contributed by atoms with Gasteiger partial charge >= 0.3 is 0 Å². The van der Waals surface area contributed by atoms with E-state index in [1.807, 2.05) is 43.3 Å². The van der Waals surface area contributed by atoms with E-state index in [-0.39, 0.29) is 0 Å². The first-order valence-corrected chi connectivity index (χ1v) is 5.02. The number of aryl methyl sites for hydroxylation is 1. The van der Waals surface area contributed by atoms with Gasteiger partial charge in [0.2, 0.25) is 0 Å². The van der Waals surface area contributed by atoms with Crippen LogP contribution in [0.5, 0.6) is 5.75 Å². The SMILES string of the molecule is Cc1ccc2ccccc2c1O/C=C\C#N. The predicted octanol–water partition coefficient (Wildman–Crippen LogP) is 3.56. The van der Waals surface area contributed by atoms with Crippen LogP contribution in [0.3, 0.4) is 0 Å². The number of rotatable bonds is 2. The average Bonchev–Trinajstić information content (AvgIpc) is 2.32. The van der Waals surface area contributed by atoms with Crippen LogP contribution in [0.4, 0.5) is 0 Å². The van der Waals surface area contributed by atoms with Crippen molar-refractivity contribution < 1.29 is 4.74 Å². The number of fused-ring (bicyclic) bond motifs is 1. The molecule has 0 atom stereocenters. The summed E-state index contributed by atoms with van der Waals surface area (Å²) in [6.45, 7) is 1.99. The zero-order chi connectivity index (χ0) is 11.4. The van der Waals surface area contributed by atoms with Crippen LogP contribution in [0.15, 0.2) is 48.7 Å². The molecular weight excluding hydrogens is 198 g/mol. The van der Waals surface area contributed by atoms with Gasteiger partial charge in [0.05, 0.1) is 12.1 Å². The fourth-order valence-electron chi connectivity index (χ4n) is 1.64. The van der Waals surface area contributed by atoms with Crippen LogP contribution in [0.1, 0.15) is 5.56 Å². The van der Waals surface area contributed by atoms with E-state index in [0.29, 0.717) is 0 Å². The van der Waals surface area contributed by atoms with Gasteiger partial charge in [0.1, 0.15) is 12.0 Å². The summed E-state index contributed by atoms with van der Waals surface area (Å²) in [5.74, 6) is 0.810. The molecule has 0 saturated carbocycles. The fourth-order valence-corrected chi connectivity index (χ4v) is 1.64. The minimum atomic E-state index is 0.810. The predicted molar refractivity (Wildman–Crippen MR) is 64.1 cm³/mol. The lowest BCUT2D eigenvalue weighted by Gasteiger charge is -2.08. The van der Waals surface area contributed by atoms with Crippen LogP contribution in [0, 0.1) is 18.3 Å². The molecule has 0 bridgehead atoms. The van der Waals surface area contributed by atoms with Crippen molar-refractivity contribution in [3.63, 3.8) is 0 Å². The number of ether oxygens (including phenoxy) is 1. The maximum absolute atomic E-state index is 8.41. The van der Waals surface area contributed by atoms with Crippen LogP contribution < -0.4 is 4.74 Å². The summed E-state index contributed by atoms with van der Waals surface area (Å²) in [5.41, 5.74) is 1.06. The van der Waals surface area contributed by atoms with Crippen LogP contribution >= 0.6 is 0 Å². The maximum Gasteiger partial charge on any atom is 0.137 e. The van der Waals surface area contributed by atoms with Gasteiger partial charge in [0.25, 0.3) is 0 Å².